The number of amides is 2. The maximum Gasteiger partial charge on any atom is 0.231 e. The number of ether oxygens (including phenoxy) is 3. The number of nitrogens with zero attached hydrogens (tertiary/aromatic N) is 1. The Morgan fingerprint density at radius 3 is 2.77 bits per heavy atom. The van der Waals surface area contributed by atoms with Crippen molar-refractivity contribution >= 4 is 17.5 Å². The second-order valence-electron chi connectivity index (χ2n) is 7.99. The number of benzene rings is 2. The van der Waals surface area contributed by atoms with Crippen molar-refractivity contribution in [2.24, 2.45) is 5.92 Å². The van der Waals surface area contributed by atoms with Gasteiger partial charge >= 0.3 is 0 Å². The van der Waals surface area contributed by atoms with Crippen LogP contribution in [-0.4, -0.2) is 31.8 Å². The second kappa shape index (κ2) is 7.89. The highest BCUT2D eigenvalue weighted by Crippen LogP contribution is 2.36. The molecule has 0 aromatic heterocycles. The fourth-order valence-electron chi connectivity index (χ4n) is 3.84. The summed E-state index contributed by atoms with van der Waals surface area (Å²) < 4.78 is 16.5. The van der Waals surface area contributed by atoms with Gasteiger partial charge in [-0.15, -0.1) is 0 Å². The minimum absolute atomic E-state index is 0.0804. The van der Waals surface area contributed by atoms with Crippen molar-refractivity contribution in [1.82, 2.24) is 5.32 Å². The van der Waals surface area contributed by atoms with Crippen molar-refractivity contribution in [3.63, 3.8) is 0 Å². The van der Waals surface area contributed by atoms with Crippen LogP contribution in [0.4, 0.5) is 5.69 Å². The van der Waals surface area contributed by atoms with Gasteiger partial charge in [0.05, 0.1) is 23.8 Å². The van der Waals surface area contributed by atoms with E-state index in [-0.39, 0.29) is 25.0 Å². The molecule has 2 aromatic carbocycles. The minimum atomic E-state index is -0.627. The van der Waals surface area contributed by atoms with Gasteiger partial charge in [0, 0.05) is 13.0 Å². The Kier molecular flexibility index (Phi) is 5.28. The Balaban J connectivity index is 1.47. The van der Waals surface area contributed by atoms with Gasteiger partial charge in [-0.1, -0.05) is 18.2 Å². The summed E-state index contributed by atoms with van der Waals surface area (Å²) in [6, 6.07) is 13.1. The van der Waals surface area contributed by atoms with Crippen LogP contribution in [0, 0.1) is 5.92 Å². The van der Waals surface area contributed by atoms with E-state index in [2.05, 4.69) is 5.32 Å². The van der Waals surface area contributed by atoms with Gasteiger partial charge in [0.15, 0.2) is 11.5 Å². The molecule has 0 saturated carbocycles. The molecule has 2 heterocycles. The van der Waals surface area contributed by atoms with Crippen LogP contribution < -0.4 is 24.4 Å². The Morgan fingerprint density at radius 1 is 1.20 bits per heavy atom. The molecule has 0 bridgehead atoms. The van der Waals surface area contributed by atoms with Crippen LogP contribution >= 0.6 is 0 Å². The van der Waals surface area contributed by atoms with Crippen LogP contribution in [0.2, 0.25) is 0 Å². The van der Waals surface area contributed by atoms with Crippen molar-refractivity contribution in [1.29, 1.82) is 0 Å². The highest BCUT2D eigenvalue weighted by Gasteiger charge is 2.38. The summed E-state index contributed by atoms with van der Waals surface area (Å²) in [7, 11) is 0. The summed E-state index contributed by atoms with van der Waals surface area (Å²) in [6.07, 6.45) is 0.170. The lowest BCUT2D eigenvalue weighted by atomic mass is 9.92. The van der Waals surface area contributed by atoms with Crippen molar-refractivity contribution < 1.29 is 23.8 Å². The third-order valence-corrected chi connectivity index (χ3v) is 5.48. The Labute approximate surface area is 175 Å². The molecule has 1 saturated heterocycles. The number of nitrogens with one attached hydrogen (secondary N) is 1. The highest BCUT2D eigenvalue weighted by atomic mass is 16.7. The molecule has 1 unspecified atom stereocenters. The lowest BCUT2D eigenvalue weighted by molar-refractivity contribution is -0.127. The lowest BCUT2D eigenvalue weighted by Gasteiger charge is -2.28. The molecule has 1 atom stereocenters. The fraction of sp³-hybridized carbons (Fsp3) is 0.391. The topological polar surface area (TPSA) is 77.1 Å². The number of hydrogen-bond acceptors (Lipinski definition) is 5. The second-order valence-corrected chi connectivity index (χ2v) is 7.99. The maximum absolute atomic E-state index is 13.0. The van der Waals surface area contributed by atoms with Crippen molar-refractivity contribution in [2.75, 3.05) is 24.8 Å². The van der Waals surface area contributed by atoms with Crippen molar-refractivity contribution in [3.05, 3.63) is 48.0 Å². The maximum atomic E-state index is 13.0. The molecule has 2 aliphatic heterocycles. The van der Waals surface area contributed by atoms with Gasteiger partial charge in [0.2, 0.25) is 18.6 Å². The van der Waals surface area contributed by atoms with Gasteiger partial charge in [-0.2, -0.15) is 0 Å². The lowest BCUT2D eigenvalue weighted by Crippen LogP contribution is -2.44. The molecule has 158 valence electrons. The molecule has 1 N–H and O–H groups in total. The Morgan fingerprint density at radius 2 is 1.97 bits per heavy atom. The largest absolute Gasteiger partial charge is 0.492 e. The van der Waals surface area contributed by atoms with Gasteiger partial charge in [-0.25, -0.2) is 0 Å². The molecular formula is C23H26N2O5. The number of rotatable bonds is 6. The quantitative estimate of drug-likeness (QED) is 0.791. The van der Waals surface area contributed by atoms with E-state index in [9.17, 15) is 9.59 Å². The third-order valence-electron chi connectivity index (χ3n) is 5.48. The average Bonchev–Trinajstić information content (AvgIpc) is 3.34. The van der Waals surface area contributed by atoms with E-state index in [4.69, 9.17) is 14.2 Å². The van der Waals surface area contributed by atoms with Crippen LogP contribution in [0.1, 0.15) is 32.8 Å². The first-order valence-electron chi connectivity index (χ1n) is 10.1. The zero-order valence-corrected chi connectivity index (χ0v) is 17.4. The molecule has 0 radical (unpaired) electrons. The van der Waals surface area contributed by atoms with Crippen LogP contribution in [0.5, 0.6) is 17.2 Å². The molecule has 7 heteroatoms. The zero-order valence-electron chi connectivity index (χ0n) is 17.4. The molecule has 1 fully saturated rings. The smallest absolute Gasteiger partial charge is 0.231 e. The van der Waals surface area contributed by atoms with E-state index in [0.29, 0.717) is 36.1 Å². The average molecular weight is 410 g/mol. The van der Waals surface area contributed by atoms with Gasteiger partial charge in [0.1, 0.15) is 5.75 Å². The number of hydrogen-bond donors (Lipinski definition) is 1. The van der Waals surface area contributed by atoms with Crippen molar-refractivity contribution in [3.8, 4) is 17.2 Å². The number of carbonyl (C=O) groups is 2. The SMILES string of the molecule is CCOc1ccccc1N1CC(C(=O)NC(C)(C)c2ccc3c(c2)OCO3)CC1=O. The molecular weight excluding hydrogens is 384 g/mol. The predicted octanol–water partition coefficient (Wildman–Crippen LogP) is 3.22. The van der Waals surface area contributed by atoms with E-state index in [1.807, 2.05) is 63.2 Å². The van der Waals surface area contributed by atoms with Gasteiger partial charge < -0.3 is 24.4 Å². The van der Waals surface area contributed by atoms with Gasteiger partial charge in [-0.3, -0.25) is 9.59 Å². The van der Waals surface area contributed by atoms with E-state index >= 15 is 0 Å². The molecule has 30 heavy (non-hydrogen) atoms. The molecule has 7 nitrogen and oxygen atoms in total. The third kappa shape index (κ3) is 3.79. The first-order valence-corrected chi connectivity index (χ1v) is 10.1. The van der Waals surface area contributed by atoms with Gasteiger partial charge in [0.25, 0.3) is 0 Å². The standard InChI is InChI=1S/C23H26N2O5/c1-4-28-18-8-6-5-7-17(18)25-13-15(11-21(25)26)22(27)24-23(2,3)16-9-10-19-20(12-16)30-14-29-19/h5-10,12,15H,4,11,13-14H2,1-3H3,(H,24,27). The van der Waals surface area contributed by atoms with Crippen LogP contribution in [-0.2, 0) is 15.1 Å². The van der Waals surface area contributed by atoms with E-state index in [1.54, 1.807) is 4.90 Å². The molecule has 0 spiro atoms. The first-order chi connectivity index (χ1) is 14.4. The monoisotopic (exact) mass is 410 g/mol. The number of fused-ring (bicyclic) bond motifs is 1. The number of carbonyl (C=O) groups excluding carboxylic acids is 2. The summed E-state index contributed by atoms with van der Waals surface area (Å²) in [5.41, 5.74) is 0.982. The minimum Gasteiger partial charge on any atom is -0.492 e. The normalized spacial score (nSPS) is 17.9. The molecule has 2 aliphatic rings. The van der Waals surface area contributed by atoms with Crippen LogP contribution in [0.3, 0.4) is 0 Å². The molecule has 4 rings (SSSR count). The molecule has 2 amide bonds. The highest BCUT2D eigenvalue weighted by molar-refractivity contribution is 6.01. The van der Waals surface area contributed by atoms with Crippen molar-refractivity contribution in [2.45, 2.75) is 32.7 Å². The predicted molar refractivity (Wildman–Crippen MR) is 112 cm³/mol. The summed E-state index contributed by atoms with van der Waals surface area (Å²) in [5, 5.41) is 3.09. The van der Waals surface area contributed by atoms with E-state index in [0.717, 1.165) is 5.56 Å². The Bertz CT molecular complexity index is 972. The van der Waals surface area contributed by atoms with E-state index in [1.165, 1.54) is 0 Å². The van der Waals surface area contributed by atoms with Crippen LogP contribution in [0.25, 0.3) is 0 Å². The fourth-order valence-corrected chi connectivity index (χ4v) is 3.84. The molecule has 2 aromatic rings. The first kappa shape index (κ1) is 20.1. The summed E-state index contributed by atoms with van der Waals surface area (Å²) in [4.78, 5) is 27.3. The number of anilines is 1. The van der Waals surface area contributed by atoms with E-state index < -0.39 is 11.5 Å². The zero-order chi connectivity index (χ0) is 21.3. The molecule has 0 aliphatic carbocycles. The summed E-state index contributed by atoms with van der Waals surface area (Å²) >= 11 is 0. The Hall–Kier alpha value is -3.22. The number of para-hydroxylation sites is 2. The van der Waals surface area contributed by atoms with Crippen LogP contribution in [0.15, 0.2) is 42.5 Å². The van der Waals surface area contributed by atoms with Gasteiger partial charge in [-0.05, 0) is 50.6 Å². The summed E-state index contributed by atoms with van der Waals surface area (Å²) in [6.45, 7) is 6.80. The summed E-state index contributed by atoms with van der Waals surface area (Å²) in [5.74, 6) is 1.36.